The summed E-state index contributed by atoms with van der Waals surface area (Å²) in [7, 11) is 0. The highest BCUT2D eigenvalue weighted by Gasteiger charge is 2.04. The van der Waals surface area contributed by atoms with Gasteiger partial charge >= 0.3 is 6.09 Å². The molecule has 0 heterocycles. The maximum Gasteiger partial charge on any atom is 0.407 e. The van der Waals surface area contributed by atoms with Crippen molar-refractivity contribution in [3.63, 3.8) is 0 Å². The van der Waals surface area contributed by atoms with E-state index in [1.807, 2.05) is 19.9 Å². The van der Waals surface area contributed by atoms with Gasteiger partial charge in [0.1, 0.15) is 10.9 Å². The van der Waals surface area contributed by atoms with E-state index >= 15 is 0 Å². The van der Waals surface area contributed by atoms with Crippen molar-refractivity contribution in [1.82, 2.24) is 5.32 Å². The average Bonchev–Trinajstić information content (AvgIpc) is 2.70. The number of carbonyl (C=O) groups is 1. The number of ether oxygens (including phenoxy) is 1. The number of allylic oxidation sites excluding steroid dienone is 1. The summed E-state index contributed by atoms with van der Waals surface area (Å²) in [5.74, 6) is 0.241. The van der Waals surface area contributed by atoms with Crippen LogP contribution in [0.5, 0.6) is 0 Å². The van der Waals surface area contributed by atoms with Crippen molar-refractivity contribution in [2.45, 2.75) is 46.1 Å². The van der Waals surface area contributed by atoms with Crippen molar-refractivity contribution in [2.75, 3.05) is 6.61 Å². The molecule has 0 saturated heterocycles. The van der Waals surface area contributed by atoms with Crippen LogP contribution in [0, 0.1) is 11.3 Å². The number of nitrogens with one attached hydrogen (secondary N) is 1. The van der Waals surface area contributed by atoms with Crippen LogP contribution < -0.4 is 11.1 Å². The predicted molar refractivity (Wildman–Crippen MR) is 121 cm³/mol. The van der Waals surface area contributed by atoms with E-state index in [9.17, 15) is 4.79 Å². The van der Waals surface area contributed by atoms with Crippen LogP contribution >= 0.6 is 11.6 Å². The first-order valence-electron chi connectivity index (χ1n) is 9.62. The SMILES string of the molecule is C=C(Cl)N=C(N)C(N=CCCCCCOC(=O)NCc1cccc(C#N)c1)=C(C)C. The molecule has 0 aliphatic carbocycles. The molecule has 3 N–H and O–H groups in total. The normalized spacial score (nSPS) is 11.1. The lowest BCUT2D eigenvalue weighted by molar-refractivity contribution is 0.143. The van der Waals surface area contributed by atoms with Crippen molar-refractivity contribution in [2.24, 2.45) is 15.7 Å². The number of rotatable bonds is 11. The Labute approximate surface area is 183 Å². The molecular formula is C22H28ClN5O2. The molecular weight excluding hydrogens is 402 g/mol. The van der Waals surface area contributed by atoms with Crippen molar-refractivity contribution in [1.29, 1.82) is 5.26 Å². The van der Waals surface area contributed by atoms with Crippen LogP contribution in [0.3, 0.4) is 0 Å². The van der Waals surface area contributed by atoms with E-state index in [-0.39, 0.29) is 11.0 Å². The van der Waals surface area contributed by atoms with Crippen LogP contribution in [0.4, 0.5) is 4.79 Å². The number of nitrogens with two attached hydrogens (primary N) is 1. The molecule has 0 radical (unpaired) electrons. The minimum Gasteiger partial charge on any atom is -0.450 e. The summed E-state index contributed by atoms with van der Waals surface area (Å²) in [5, 5.41) is 11.7. The van der Waals surface area contributed by atoms with Gasteiger partial charge in [-0.25, -0.2) is 9.79 Å². The molecule has 0 aromatic heterocycles. The Morgan fingerprint density at radius 2 is 2.13 bits per heavy atom. The van der Waals surface area contributed by atoms with E-state index in [0.29, 0.717) is 24.4 Å². The minimum atomic E-state index is -0.470. The lowest BCUT2D eigenvalue weighted by atomic mass is 10.1. The number of aliphatic imine (C=N–C) groups is 2. The topological polar surface area (TPSA) is 113 Å². The van der Waals surface area contributed by atoms with Gasteiger partial charge in [-0.3, -0.25) is 4.99 Å². The molecule has 8 heteroatoms. The van der Waals surface area contributed by atoms with Gasteiger partial charge in [0.25, 0.3) is 0 Å². The summed E-state index contributed by atoms with van der Waals surface area (Å²) in [6.45, 7) is 7.95. The highest BCUT2D eigenvalue weighted by atomic mass is 35.5. The number of benzene rings is 1. The van der Waals surface area contributed by atoms with E-state index in [2.05, 4.69) is 27.9 Å². The Bertz CT molecular complexity index is 865. The maximum atomic E-state index is 11.7. The Kier molecular flexibility index (Phi) is 11.6. The quantitative estimate of drug-likeness (QED) is 0.228. The van der Waals surface area contributed by atoms with Crippen molar-refractivity contribution in [3.05, 3.63) is 58.4 Å². The molecule has 7 nitrogen and oxygen atoms in total. The number of alkyl carbamates (subject to hydrolysis) is 1. The third-order valence-electron chi connectivity index (χ3n) is 3.88. The van der Waals surface area contributed by atoms with E-state index in [0.717, 1.165) is 36.8 Å². The zero-order valence-electron chi connectivity index (χ0n) is 17.4. The fourth-order valence-electron chi connectivity index (χ4n) is 2.45. The molecule has 1 aromatic rings. The van der Waals surface area contributed by atoms with Gasteiger partial charge in [-0.2, -0.15) is 5.26 Å². The van der Waals surface area contributed by atoms with E-state index < -0.39 is 6.09 Å². The number of halogens is 1. The zero-order valence-corrected chi connectivity index (χ0v) is 18.2. The second-order valence-corrected chi connectivity index (χ2v) is 7.12. The fourth-order valence-corrected chi connectivity index (χ4v) is 2.54. The van der Waals surface area contributed by atoms with Crippen LogP contribution in [-0.4, -0.2) is 24.8 Å². The standard InChI is InChI=1S/C22H28ClN5O2/c1-16(2)20(21(25)28-17(3)23)26-11-6-4-5-7-12-30-22(29)27-15-19-10-8-9-18(13-19)14-24/h8-11,13H,3-7,12,15H2,1-2H3,(H2,25,28)(H,27,29). The van der Waals surface area contributed by atoms with Crippen LogP contribution in [0.2, 0.25) is 0 Å². The molecule has 0 spiro atoms. The van der Waals surface area contributed by atoms with Crippen molar-refractivity contribution < 1.29 is 9.53 Å². The maximum absolute atomic E-state index is 11.7. The molecule has 160 valence electrons. The molecule has 0 fully saturated rings. The van der Waals surface area contributed by atoms with Gasteiger partial charge in [-0.1, -0.05) is 30.3 Å². The summed E-state index contributed by atoms with van der Waals surface area (Å²) in [6, 6.07) is 9.13. The van der Waals surface area contributed by atoms with Gasteiger partial charge in [0.05, 0.1) is 18.2 Å². The average molecular weight is 430 g/mol. The molecule has 1 amide bonds. The highest BCUT2D eigenvalue weighted by Crippen LogP contribution is 2.09. The first kappa shape index (κ1) is 24.9. The number of nitriles is 1. The Morgan fingerprint density at radius 3 is 2.80 bits per heavy atom. The third kappa shape index (κ3) is 10.4. The summed E-state index contributed by atoms with van der Waals surface area (Å²) >= 11 is 5.65. The molecule has 0 atom stereocenters. The van der Waals surface area contributed by atoms with Gasteiger partial charge in [-0.15, -0.1) is 0 Å². The molecule has 30 heavy (non-hydrogen) atoms. The summed E-state index contributed by atoms with van der Waals surface area (Å²) < 4.78 is 5.16. The smallest absolute Gasteiger partial charge is 0.407 e. The molecule has 1 aromatic carbocycles. The molecule has 0 saturated carbocycles. The number of amides is 1. The van der Waals surface area contributed by atoms with Crippen molar-refractivity contribution in [3.8, 4) is 6.07 Å². The Morgan fingerprint density at radius 1 is 1.37 bits per heavy atom. The molecule has 1 rings (SSSR count). The van der Waals surface area contributed by atoms with Gasteiger partial charge in [0, 0.05) is 12.8 Å². The highest BCUT2D eigenvalue weighted by molar-refractivity contribution is 6.30. The minimum absolute atomic E-state index is 0.112. The van der Waals surface area contributed by atoms with Gasteiger partial charge in [-0.05, 0) is 62.8 Å². The summed E-state index contributed by atoms with van der Waals surface area (Å²) in [5.41, 5.74) is 8.81. The molecule has 0 aliphatic heterocycles. The monoisotopic (exact) mass is 429 g/mol. The van der Waals surface area contributed by atoms with Gasteiger partial charge in [0.2, 0.25) is 0 Å². The second kappa shape index (κ2) is 14.0. The number of unbranched alkanes of at least 4 members (excludes halogenated alkanes) is 3. The van der Waals surface area contributed by atoms with E-state index in [1.165, 1.54) is 0 Å². The molecule has 0 bridgehead atoms. The second-order valence-electron chi connectivity index (χ2n) is 6.68. The number of amidine groups is 1. The van der Waals surface area contributed by atoms with Crippen LogP contribution in [0.15, 0.2) is 57.3 Å². The van der Waals surface area contributed by atoms with E-state index in [4.69, 9.17) is 27.3 Å². The first-order chi connectivity index (χ1) is 14.3. The first-order valence-corrected chi connectivity index (χ1v) is 10.00. The Hall–Kier alpha value is -3.11. The number of hydrogen-bond acceptors (Lipinski definition) is 5. The van der Waals surface area contributed by atoms with Gasteiger partial charge < -0.3 is 15.8 Å². The number of hydrogen-bond donors (Lipinski definition) is 2. The lowest BCUT2D eigenvalue weighted by Crippen LogP contribution is -2.24. The Balaban J connectivity index is 2.22. The lowest BCUT2D eigenvalue weighted by Gasteiger charge is -2.07. The van der Waals surface area contributed by atoms with Gasteiger partial charge in [0.15, 0.2) is 5.84 Å². The van der Waals surface area contributed by atoms with Crippen molar-refractivity contribution >= 4 is 29.7 Å². The molecule has 0 unspecified atom stereocenters. The van der Waals surface area contributed by atoms with Crippen LogP contribution in [0.25, 0.3) is 0 Å². The zero-order chi connectivity index (χ0) is 22.4. The number of carbonyl (C=O) groups excluding carboxylic acids is 1. The number of nitrogens with zero attached hydrogens (tertiary/aromatic N) is 3. The predicted octanol–water partition coefficient (Wildman–Crippen LogP) is 4.78. The fraction of sp³-hybridized carbons (Fsp3) is 0.364. The van der Waals surface area contributed by atoms with Crippen LogP contribution in [-0.2, 0) is 11.3 Å². The summed E-state index contributed by atoms with van der Waals surface area (Å²) in [4.78, 5) is 20.0. The summed E-state index contributed by atoms with van der Waals surface area (Å²) in [6.07, 6.45) is 4.66. The largest absolute Gasteiger partial charge is 0.450 e. The van der Waals surface area contributed by atoms with E-state index in [1.54, 1.807) is 24.4 Å². The van der Waals surface area contributed by atoms with Crippen LogP contribution in [0.1, 0.15) is 50.7 Å². The molecule has 0 aliphatic rings. The third-order valence-corrected chi connectivity index (χ3v) is 3.97.